The molecule has 1 fully saturated rings. The highest BCUT2D eigenvalue weighted by Gasteiger charge is 2.23. The first-order valence-corrected chi connectivity index (χ1v) is 6.67. The summed E-state index contributed by atoms with van der Waals surface area (Å²) in [6.07, 6.45) is 1.43. The van der Waals surface area contributed by atoms with Gasteiger partial charge in [-0.3, -0.25) is 0 Å². The number of anilines is 1. The number of rotatable bonds is 6. The highest BCUT2D eigenvalue weighted by atomic mass is 16.5. The van der Waals surface area contributed by atoms with Gasteiger partial charge in [0.2, 0.25) is 17.7 Å². The van der Waals surface area contributed by atoms with Gasteiger partial charge >= 0.3 is 5.97 Å². The van der Waals surface area contributed by atoms with E-state index in [1.807, 2.05) is 4.90 Å². The number of aromatic nitrogens is 2. The number of carboxylic acid groups (broad SMARTS) is 1. The molecule has 1 aliphatic heterocycles. The maximum Gasteiger partial charge on any atom is 0.329 e. The number of carbonyl (C=O) groups is 1. The molecule has 2 heterocycles. The van der Waals surface area contributed by atoms with Gasteiger partial charge < -0.3 is 24.2 Å². The maximum absolute atomic E-state index is 10.5. The largest absolute Gasteiger partial charge is 0.481 e. The van der Waals surface area contributed by atoms with Crippen molar-refractivity contribution in [3.05, 3.63) is 6.07 Å². The quantitative estimate of drug-likeness (QED) is 0.814. The van der Waals surface area contributed by atoms with Crippen molar-refractivity contribution in [3.8, 4) is 11.8 Å². The van der Waals surface area contributed by atoms with E-state index in [4.69, 9.17) is 19.3 Å². The molecule has 0 radical (unpaired) electrons. The standard InChI is InChI=1S/C13H19N3O5/c1-19-10-7-11(20-2)15-13(14-10)16-5-3-9(4-6-16)21-8-12(17)18/h7,9H,3-6,8H2,1-2H3,(H,17,18). The van der Waals surface area contributed by atoms with Crippen molar-refractivity contribution in [2.75, 3.05) is 38.8 Å². The number of methoxy groups -OCH3 is 2. The number of aliphatic carboxylic acids is 1. The Morgan fingerprint density at radius 1 is 1.29 bits per heavy atom. The van der Waals surface area contributed by atoms with Gasteiger partial charge in [-0.2, -0.15) is 9.97 Å². The van der Waals surface area contributed by atoms with Crippen molar-refractivity contribution < 1.29 is 24.1 Å². The van der Waals surface area contributed by atoms with Crippen LogP contribution in [-0.4, -0.2) is 61.1 Å². The lowest BCUT2D eigenvalue weighted by atomic mass is 10.1. The summed E-state index contributed by atoms with van der Waals surface area (Å²) in [6.45, 7) is 1.13. The summed E-state index contributed by atoms with van der Waals surface area (Å²) in [5.74, 6) is 0.489. The Labute approximate surface area is 122 Å². The summed E-state index contributed by atoms with van der Waals surface area (Å²) >= 11 is 0. The molecule has 0 unspecified atom stereocenters. The lowest BCUT2D eigenvalue weighted by molar-refractivity contribution is -0.144. The van der Waals surface area contributed by atoms with Gasteiger partial charge in [0.1, 0.15) is 6.61 Å². The van der Waals surface area contributed by atoms with Crippen LogP contribution >= 0.6 is 0 Å². The Morgan fingerprint density at radius 3 is 2.33 bits per heavy atom. The maximum atomic E-state index is 10.5. The number of ether oxygens (including phenoxy) is 3. The van der Waals surface area contributed by atoms with Gasteiger partial charge in [0.15, 0.2) is 0 Å². The van der Waals surface area contributed by atoms with Gasteiger partial charge in [-0.25, -0.2) is 4.79 Å². The second-order valence-electron chi connectivity index (χ2n) is 4.64. The third-order valence-corrected chi connectivity index (χ3v) is 3.25. The molecule has 0 spiro atoms. The van der Waals surface area contributed by atoms with Crippen molar-refractivity contribution in [2.24, 2.45) is 0 Å². The number of carboxylic acids is 1. The molecule has 2 rings (SSSR count). The van der Waals surface area contributed by atoms with Crippen LogP contribution in [0.15, 0.2) is 6.07 Å². The van der Waals surface area contributed by atoms with Crippen molar-refractivity contribution in [1.82, 2.24) is 9.97 Å². The van der Waals surface area contributed by atoms with Crippen LogP contribution in [0.5, 0.6) is 11.8 Å². The summed E-state index contributed by atoms with van der Waals surface area (Å²) in [7, 11) is 3.08. The monoisotopic (exact) mass is 297 g/mol. The molecule has 1 aromatic rings. The third-order valence-electron chi connectivity index (χ3n) is 3.25. The number of hydrogen-bond acceptors (Lipinski definition) is 7. The van der Waals surface area contributed by atoms with Gasteiger partial charge in [0.25, 0.3) is 0 Å². The van der Waals surface area contributed by atoms with Crippen LogP contribution in [0, 0.1) is 0 Å². The van der Waals surface area contributed by atoms with Crippen molar-refractivity contribution in [3.63, 3.8) is 0 Å². The third kappa shape index (κ3) is 4.19. The molecule has 1 aromatic heterocycles. The molecule has 1 aliphatic rings. The first-order valence-electron chi connectivity index (χ1n) is 6.67. The van der Waals surface area contributed by atoms with E-state index in [9.17, 15) is 4.79 Å². The van der Waals surface area contributed by atoms with E-state index < -0.39 is 5.97 Å². The molecule has 0 atom stereocenters. The predicted octanol–water partition coefficient (Wildman–Crippen LogP) is 0.564. The van der Waals surface area contributed by atoms with E-state index in [1.54, 1.807) is 6.07 Å². The molecule has 1 saturated heterocycles. The Kier molecular flexibility index (Phi) is 5.15. The molecule has 0 aliphatic carbocycles. The first kappa shape index (κ1) is 15.3. The van der Waals surface area contributed by atoms with Crippen LogP contribution < -0.4 is 14.4 Å². The Balaban J connectivity index is 1.96. The zero-order chi connectivity index (χ0) is 15.2. The van der Waals surface area contributed by atoms with Crippen molar-refractivity contribution in [1.29, 1.82) is 0 Å². The van der Waals surface area contributed by atoms with E-state index in [-0.39, 0.29) is 12.7 Å². The van der Waals surface area contributed by atoms with Crippen LogP contribution in [-0.2, 0) is 9.53 Å². The molecule has 0 aromatic carbocycles. The summed E-state index contributed by atoms with van der Waals surface area (Å²) in [6, 6.07) is 1.62. The van der Waals surface area contributed by atoms with E-state index in [1.165, 1.54) is 14.2 Å². The topological polar surface area (TPSA) is 94.0 Å². The highest BCUT2D eigenvalue weighted by Crippen LogP contribution is 2.23. The van der Waals surface area contributed by atoms with Crippen LogP contribution in [0.1, 0.15) is 12.8 Å². The van der Waals surface area contributed by atoms with Crippen molar-refractivity contribution >= 4 is 11.9 Å². The van der Waals surface area contributed by atoms with E-state index in [2.05, 4.69) is 9.97 Å². The molecule has 21 heavy (non-hydrogen) atoms. The lowest BCUT2D eigenvalue weighted by Crippen LogP contribution is -2.38. The Bertz CT molecular complexity index is 466. The first-order chi connectivity index (χ1) is 10.1. The van der Waals surface area contributed by atoms with E-state index in [0.29, 0.717) is 30.8 Å². The minimum absolute atomic E-state index is 0.0372. The summed E-state index contributed by atoms with van der Waals surface area (Å²) in [4.78, 5) is 21.1. The number of piperidine rings is 1. The highest BCUT2D eigenvalue weighted by molar-refractivity contribution is 5.68. The minimum atomic E-state index is -0.946. The van der Waals surface area contributed by atoms with Gasteiger partial charge in [0.05, 0.1) is 26.4 Å². The zero-order valence-electron chi connectivity index (χ0n) is 12.1. The smallest absolute Gasteiger partial charge is 0.329 e. The second-order valence-corrected chi connectivity index (χ2v) is 4.64. The predicted molar refractivity (Wildman–Crippen MR) is 74.0 cm³/mol. The minimum Gasteiger partial charge on any atom is -0.481 e. The van der Waals surface area contributed by atoms with Crippen molar-refractivity contribution in [2.45, 2.75) is 18.9 Å². The van der Waals surface area contributed by atoms with Gasteiger partial charge in [-0.05, 0) is 12.8 Å². The SMILES string of the molecule is COc1cc(OC)nc(N2CCC(OCC(=O)O)CC2)n1. The van der Waals surface area contributed by atoms with Gasteiger partial charge in [0, 0.05) is 13.1 Å². The number of nitrogens with zero attached hydrogens (tertiary/aromatic N) is 3. The Hall–Kier alpha value is -2.09. The zero-order valence-corrected chi connectivity index (χ0v) is 12.1. The van der Waals surface area contributed by atoms with Gasteiger partial charge in [-0.15, -0.1) is 0 Å². The molecule has 0 bridgehead atoms. The molecule has 1 N–H and O–H groups in total. The van der Waals surface area contributed by atoms with Crippen LogP contribution in [0.3, 0.4) is 0 Å². The average Bonchev–Trinajstić information content (AvgIpc) is 2.52. The van der Waals surface area contributed by atoms with Crippen LogP contribution in [0.2, 0.25) is 0 Å². The Morgan fingerprint density at radius 2 is 1.86 bits per heavy atom. The molecule has 8 nitrogen and oxygen atoms in total. The molecular formula is C13H19N3O5. The molecule has 0 amide bonds. The van der Waals surface area contributed by atoms with E-state index in [0.717, 1.165) is 12.8 Å². The molecule has 116 valence electrons. The lowest BCUT2D eigenvalue weighted by Gasteiger charge is -2.31. The summed E-state index contributed by atoms with van der Waals surface area (Å²) in [5, 5.41) is 8.61. The molecular weight excluding hydrogens is 278 g/mol. The van der Waals surface area contributed by atoms with E-state index >= 15 is 0 Å². The fourth-order valence-corrected chi connectivity index (χ4v) is 2.15. The van der Waals surface area contributed by atoms with Crippen LogP contribution in [0.25, 0.3) is 0 Å². The summed E-state index contributed by atoms with van der Waals surface area (Å²) in [5.41, 5.74) is 0. The summed E-state index contributed by atoms with van der Waals surface area (Å²) < 4.78 is 15.6. The fourth-order valence-electron chi connectivity index (χ4n) is 2.15. The van der Waals surface area contributed by atoms with Crippen LogP contribution in [0.4, 0.5) is 5.95 Å². The molecule has 8 heteroatoms. The average molecular weight is 297 g/mol. The fraction of sp³-hybridized carbons (Fsp3) is 0.615. The number of hydrogen-bond donors (Lipinski definition) is 1. The van der Waals surface area contributed by atoms with Gasteiger partial charge in [-0.1, -0.05) is 0 Å². The molecule has 0 saturated carbocycles. The normalized spacial score (nSPS) is 15.8. The second kappa shape index (κ2) is 7.07.